The van der Waals surface area contributed by atoms with Gasteiger partial charge in [-0.05, 0) is 89.9 Å². The number of nitrogens with zero attached hydrogens (tertiary/aromatic N) is 6. The fourth-order valence-electron chi connectivity index (χ4n) is 6.01. The van der Waals surface area contributed by atoms with Crippen molar-refractivity contribution < 1.29 is 4.74 Å². The molecule has 9 heteroatoms. The summed E-state index contributed by atoms with van der Waals surface area (Å²) in [6.45, 7) is 11.2. The predicted molar refractivity (Wildman–Crippen MR) is 152 cm³/mol. The summed E-state index contributed by atoms with van der Waals surface area (Å²) in [5, 5.41) is 14.0. The van der Waals surface area contributed by atoms with Gasteiger partial charge in [-0.2, -0.15) is 0 Å². The number of rotatable bonds is 7. The molecule has 2 aromatic heterocycles. The maximum Gasteiger partial charge on any atom is 0.253 e. The highest BCUT2D eigenvalue weighted by Gasteiger charge is 2.34. The number of anilines is 1. The molecule has 204 valence electrons. The number of benzene rings is 2. The molecule has 2 aliphatic rings. The maximum atomic E-state index is 13.6. The Morgan fingerprint density at radius 3 is 2.72 bits per heavy atom. The van der Waals surface area contributed by atoms with E-state index < -0.39 is 0 Å². The maximum absolute atomic E-state index is 13.6. The number of ether oxygens (including phenoxy) is 1. The Labute approximate surface area is 228 Å². The van der Waals surface area contributed by atoms with Crippen LogP contribution in [0, 0.1) is 13.8 Å². The number of H-pyrrole nitrogens is 1. The van der Waals surface area contributed by atoms with Crippen LogP contribution >= 0.6 is 0 Å². The van der Waals surface area contributed by atoms with Crippen LogP contribution in [0.1, 0.15) is 53.9 Å². The van der Waals surface area contributed by atoms with E-state index in [0.717, 1.165) is 63.0 Å². The number of fused-ring (bicyclic) bond motifs is 1. The van der Waals surface area contributed by atoms with Gasteiger partial charge in [-0.25, -0.2) is 4.68 Å². The third kappa shape index (κ3) is 5.08. The van der Waals surface area contributed by atoms with Crippen LogP contribution in [0.15, 0.2) is 47.3 Å². The van der Waals surface area contributed by atoms with Crippen LogP contribution in [-0.4, -0.2) is 69.0 Å². The number of piperazine rings is 1. The average molecular weight is 528 g/mol. The lowest BCUT2D eigenvalue weighted by Crippen LogP contribution is -2.49. The largest absolute Gasteiger partial charge is 0.376 e. The molecule has 4 heterocycles. The molecular formula is C30H37N7O2. The van der Waals surface area contributed by atoms with Crippen molar-refractivity contribution in [3.63, 3.8) is 0 Å². The molecule has 0 aliphatic carbocycles. The van der Waals surface area contributed by atoms with Gasteiger partial charge in [0.05, 0.1) is 12.6 Å². The van der Waals surface area contributed by atoms with Crippen molar-refractivity contribution >= 4 is 16.6 Å². The van der Waals surface area contributed by atoms with Crippen LogP contribution in [0.25, 0.3) is 10.9 Å². The highest BCUT2D eigenvalue weighted by molar-refractivity contribution is 5.80. The Kier molecular flexibility index (Phi) is 7.18. The monoisotopic (exact) mass is 527 g/mol. The zero-order chi connectivity index (χ0) is 26.9. The average Bonchev–Trinajstić information content (AvgIpc) is 3.64. The lowest BCUT2D eigenvalue weighted by molar-refractivity contribution is 0.0906. The molecule has 0 radical (unpaired) electrons. The first kappa shape index (κ1) is 25.7. The quantitative estimate of drug-likeness (QED) is 0.391. The molecule has 2 aromatic carbocycles. The predicted octanol–water partition coefficient (Wildman–Crippen LogP) is 3.78. The Morgan fingerprint density at radius 1 is 1.10 bits per heavy atom. The Balaban J connectivity index is 1.37. The number of tetrazole rings is 1. The number of nitrogens with one attached hydrogen (secondary N) is 1. The summed E-state index contributed by atoms with van der Waals surface area (Å²) in [5.41, 5.74) is 6.57. The van der Waals surface area contributed by atoms with E-state index in [9.17, 15) is 4.79 Å². The van der Waals surface area contributed by atoms with E-state index in [2.05, 4.69) is 81.4 Å². The number of aromatic nitrogens is 5. The summed E-state index contributed by atoms with van der Waals surface area (Å²) in [7, 11) is 0. The molecule has 39 heavy (non-hydrogen) atoms. The van der Waals surface area contributed by atoms with Gasteiger partial charge in [0.25, 0.3) is 5.56 Å². The van der Waals surface area contributed by atoms with Crippen molar-refractivity contribution in [3.8, 4) is 0 Å². The number of aromatic amines is 1. The SMILES string of the molecule is CCc1ccc2[nH]c(=O)c([C@@H](c3nnnn3C[C@@H]3CCCO3)N3CCN(c4cccc(C)c4C)CC3)cc2c1. The standard InChI is InChI=1S/C30H37N7O2/c1-4-22-10-11-26-23(17-22)18-25(30(38)31-26)28(29-32-33-34-37(29)19-24-8-6-16-39-24)36-14-12-35(13-15-36)27-9-5-7-20(2)21(27)3/h5,7,9-11,17-18,24,28H,4,6,8,12-16,19H2,1-3H3,(H,31,38)/t24-,28-/m0/s1. The van der Waals surface area contributed by atoms with Crippen molar-refractivity contribution in [1.29, 1.82) is 0 Å². The molecule has 2 atom stereocenters. The van der Waals surface area contributed by atoms with Gasteiger partial charge in [-0.15, -0.1) is 5.10 Å². The lowest BCUT2D eigenvalue weighted by Gasteiger charge is -2.40. The van der Waals surface area contributed by atoms with Crippen LogP contribution in [0.4, 0.5) is 5.69 Å². The van der Waals surface area contributed by atoms with E-state index in [1.165, 1.54) is 22.4 Å². The van der Waals surface area contributed by atoms with Gasteiger partial charge in [0.15, 0.2) is 5.82 Å². The molecule has 0 spiro atoms. The third-order valence-electron chi connectivity index (χ3n) is 8.44. The molecule has 1 N–H and O–H groups in total. The fraction of sp³-hybridized carbons (Fsp3) is 0.467. The van der Waals surface area contributed by atoms with E-state index in [1.54, 1.807) is 0 Å². The fourth-order valence-corrected chi connectivity index (χ4v) is 6.01. The molecule has 0 unspecified atom stereocenters. The highest BCUT2D eigenvalue weighted by atomic mass is 16.5. The van der Waals surface area contributed by atoms with Crippen molar-refractivity contribution in [2.45, 2.75) is 58.7 Å². The number of hydrogen-bond donors (Lipinski definition) is 1. The molecular weight excluding hydrogens is 490 g/mol. The summed E-state index contributed by atoms with van der Waals surface area (Å²) < 4.78 is 7.75. The second-order valence-electron chi connectivity index (χ2n) is 10.8. The number of pyridine rings is 1. The van der Waals surface area contributed by atoms with Crippen molar-refractivity contribution in [2.24, 2.45) is 0 Å². The highest BCUT2D eigenvalue weighted by Crippen LogP contribution is 2.31. The van der Waals surface area contributed by atoms with Crippen molar-refractivity contribution in [2.75, 3.05) is 37.7 Å². The molecule has 6 rings (SSSR count). The van der Waals surface area contributed by atoms with Crippen LogP contribution in [0.2, 0.25) is 0 Å². The second-order valence-corrected chi connectivity index (χ2v) is 10.8. The molecule has 0 amide bonds. The smallest absolute Gasteiger partial charge is 0.253 e. The van der Waals surface area contributed by atoms with Gasteiger partial charge in [-0.1, -0.05) is 25.1 Å². The first-order chi connectivity index (χ1) is 19.0. The summed E-state index contributed by atoms with van der Waals surface area (Å²) in [6.07, 6.45) is 3.08. The van der Waals surface area contributed by atoms with Gasteiger partial charge in [0.2, 0.25) is 0 Å². The number of hydrogen-bond acceptors (Lipinski definition) is 7. The second kappa shape index (κ2) is 10.9. The lowest BCUT2D eigenvalue weighted by atomic mass is 10.0. The summed E-state index contributed by atoms with van der Waals surface area (Å²) >= 11 is 0. The molecule has 0 saturated carbocycles. The van der Waals surface area contributed by atoms with E-state index in [4.69, 9.17) is 4.74 Å². The van der Waals surface area contributed by atoms with Gasteiger partial charge in [0.1, 0.15) is 6.04 Å². The molecule has 2 saturated heterocycles. The van der Waals surface area contributed by atoms with Gasteiger partial charge < -0.3 is 14.6 Å². The summed E-state index contributed by atoms with van der Waals surface area (Å²) in [5.74, 6) is 0.696. The normalized spacial score (nSPS) is 19.2. The van der Waals surface area contributed by atoms with Crippen molar-refractivity contribution in [1.82, 2.24) is 30.1 Å². The minimum absolute atomic E-state index is 0.0936. The van der Waals surface area contributed by atoms with Gasteiger partial charge in [0, 0.05) is 49.6 Å². The first-order valence-electron chi connectivity index (χ1n) is 14.1. The molecule has 0 bridgehead atoms. The van der Waals surface area contributed by atoms with E-state index in [1.807, 2.05) is 16.8 Å². The van der Waals surface area contributed by atoms with E-state index in [0.29, 0.717) is 17.9 Å². The molecule has 2 aliphatic heterocycles. The summed E-state index contributed by atoms with van der Waals surface area (Å²) in [6, 6.07) is 14.4. The van der Waals surface area contributed by atoms with Crippen LogP contribution in [0.3, 0.4) is 0 Å². The molecule has 4 aromatic rings. The van der Waals surface area contributed by atoms with Crippen molar-refractivity contribution in [3.05, 3.63) is 80.9 Å². The molecule has 2 fully saturated rings. The van der Waals surface area contributed by atoms with E-state index >= 15 is 0 Å². The number of aryl methyl sites for hydroxylation is 2. The first-order valence-corrected chi connectivity index (χ1v) is 14.1. The van der Waals surface area contributed by atoms with Crippen LogP contribution < -0.4 is 10.5 Å². The van der Waals surface area contributed by atoms with Crippen LogP contribution in [0.5, 0.6) is 0 Å². The Morgan fingerprint density at radius 2 is 1.95 bits per heavy atom. The van der Waals surface area contributed by atoms with Crippen LogP contribution in [-0.2, 0) is 17.7 Å². The Hall–Kier alpha value is -3.56. The van der Waals surface area contributed by atoms with E-state index in [-0.39, 0.29) is 17.7 Å². The zero-order valence-corrected chi connectivity index (χ0v) is 23.1. The van der Waals surface area contributed by atoms with Gasteiger partial charge >= 0.3 is 0 Å². The van der Waals surface area contributed by atoms with Gasteiger partial charge in [-0.3, -0.25) is 9.69 Å². The minimum atomic E-state index is -0.361. The topological polar surface area (TPSA) is 92.2 Å². The summed E-state index contributed by atoms with van der Waals surface area (Å²) in [4.78, 5) is 21.5. The third-order valence-corrected chi connectivity index (χ3v) is 8.44. The zero-order valence-electron chi connectivity index (χ0n) is 23.1. The Bertz CT molecular complexity index is 1510. The molecule has 9 nitrogen and oxygen atoms in total. The minimum Gasteiger partial charge on any atom is -0.376 e.